The van der Waals surface area contributed by atoms with Crippen molar-refractivity contribution in [3.05, 3.63) is 17.0 Å². The van der Waals surface area contributed by atoms with Crippen LogP contribution in [0.4, 0.5) is 0 Å². The van der Waals surface area contributed by atoms with Gasteiger partial charge in [0.25, 0.3) is 5.91 Å². The number of carboxylic acids is 1. The number of rotatable bonds is 3. The predicted molar refractivity (Wildman–Crippen MR) is 74.0 cm³/mol. The van der Waals surface area contributed by atoms with E-state index in [4.69, 9.17) is 4.52 Å². The van der Waals surface area contributed by atoms with Crippen molar-refractivity contribution in [2.75, 3.05) is 0 Å². The number of fused-ring (bicyclic) bond motifs is 1. The molecule has 1 saturated carbocycles. The summed E-state index contributed by atoms with van der Waals surface area (Å²) >= 11 is 0. The average Bonchev–Trinajstić information content (AvgIpc) is 3.00. The molecule has 21 heavy (non-hydrogen) atoms. The summed E-state index contributed by atoms with van der Waals surface area (Å²) in [7, 11) is 0. The topological polar surface area (TPSA) is 92.4 Å². The number of aromatic nitrogens is 1. The Balaban J connectivity index is 1.74. The second-order valence-corrected chi connectivity index (χ2v) is 5.95. The number of nitrogens with one attached hydrogen (secondary N) is 1. The fourth-order valence-electron chi connectivity index (χ4n) is 3.41. The van der Waals surface area contributed by atoms with E-state index in [0.717, 1.165) is 49.8 Å². The Hall–Kier alpha value is -1.85. The van der Waals surface area contributed by atoms with Crippen molar-refractivity contribution in [3.63, 3.8) is 0 Å². The fraction of sp³-hybridized carbons (Fsp3) is 0.667. The number of carbonyl (C=O) groups is 2. The lowest BCUT2D eigenvalue weighted by Crippen LogP contribution is -2.40. The van der Waals surface area contributed by atoms with Gasteiger partial charge in [0.05, 0.1) is 5.92 Å². The fourth-order valence-corrected chi connectivity index (χ4v) is 3.41. The number of hydrogen-bond donors (Lipinski definition) is 2. The first-order chi connectivity index (χ1) is 10.2. The van der Waals surface area contributed by atoms with Crippen LogP contribution < -0.4 is 5.32 Å². The van der Waals surface area contributed by atoms with Crippen LogP contribution in [0.1, 0.15) is 60.3 Å². The molecule has 0 saturated heterocycles. The molecule has 0 radical (unpaired) electrons. The van der Waals surface area contributed by atoms with Crippen molar-refractivity contribution in [2.45, 2.75) is 57.4 Å². The molecule has 1 fully saturated rings. The second kappa shape index (κ2) is 5.87. The Morgan fingerprint density at radius 1 is 1.14 bits per heavy atom. The van der Waals surface area contributed by atoms with Crippen LogP contribution in [-0.2, 0) is 17.6 Å². The predicted octanol–water partition coefficient (Wildman–Crippen LogP) is 1.93. The Labute approximate surface area is 122 Å². The Morgan fingerprint density at radius 2 is 1.95 bits per heavy atom. The highest BCUT2D eigenvalue weighted by molar-refractivity contribution is 5.94. The smallest absolute Gasteiger partial charge is 0.308 e. The molecule has 6 heteroatoms. The van der Waals surface area contributed by atoms with Crippen LogP contribution in [0.15, 0.2) is 4.52 Å². The summed E-state index contributed by atoms with van der Waals surface area (Å²) < 4.78 is 5.30. The maximum Gasteiger partial charge on any atom is 0.308 e. The highest BCUT2D eigenvalue weighted by atomic mass is 16.5. The lowest BCUT2D eigenvalue weighted by molar-refractivity contribution is -0.142. The molecule has 114 valence electrons. The Bertz CT molecular complexity index is 552. The van der Waals surface area contributed by atoms with Crippen molar-refractivity contribution in [1.29, 1.82) is 0 Å². The summed E-state index contributed by atoms with van der Waals surface area (Å²) in [6, 6.07) is -0.298. The Kier molecular flexibility index (Phi) is 3.94. The van der Waals surface area contributed by atoms with Gasteiger partial charge in [-0.1, -0.05) is 18.0 Å². The monoisotopic (exact) mass is 292 g/mol. The minimum absolute atomic E-state index is 0.292. The molecule has 0 unspecified atom stereocenters. The molecule has 1 aromatic rings. The number of carbonyl (C=O) groups excluding carboxylic acids is 1. The number of nitrogens with zero attached hydrogens (tertiary/aromatic N) is 1. The molecular weight excluding hydrogens is 272 g/mol. The zero-order valence-corrected chi connectivity index (χ0v) is 11.9. The van der Waals surface area contributed by atoms with E-state index in [1.54, 1.807) is 0 Å². The van der Waals surface area contributed by atoms with Crippen molar-refractivity contribution < 1.29 is 19.2 Å². The molecule has 0 bridgehead atoms. The summed E-state index contributed by atoms with van der Waals surface area (Å²) in [4.78, 5) is 23.6. The van der Waals surface area contributed by atoms with Crippen molar-refractivity contribution in [3.8, 4) is 0 Å². The number of aryl methyl sites for hydroxylation is 1. The number of aliphatic carboxylic acids is 1. The summed E-state index contributed by atoms with van der Waals surface area (Å²) in [6.45, 7) is 0. The highest BCUT2D eigenvalue weighted by Gasteiger charge is 2.35. The molecule has 2 aliphatic rings. The average molecular weight is 292 g/mol. The zero-order chi connectivity index (χ0) is 14.8. The summed E-state index contributed by atoms with van der Waals surface area (Å²) in [6.07, 6.45) is 7.04. The minimum Gasteiger partial charge on any atom is -0.481 e. The molecule has 0 aromatic carbocycles. The highest BCUT2D eigenvalue weighted by Crippen LogP contribution is 2.27. The zero-order valence-electron chi connectivity index (χ0n) is 11.9. The van der Waals surface area contributed by atoms with Crippen molar-refractivity contribution in [1.82, 2.24) is 10.5 Å². The molecule has 2 aliphatic carbocycles. The third-order valence-electron chi connectivity index (χ3n) is 4.56. The first kappa shape index (κ1) is 14.1. The molecule has 3 rings (SSSR count). The molecule has 6 nitrogen and oxygen atoms in total. The number of amides is 1. The standard InChI is InChI=1S/C15H20N2O4/c18-14(16-11-7-4-6-9(11)15(19)20)13-10-5-2-1-3-8-12(10)21-17-13/h9,11H,1-8H2,(H,16,18)(H,19,20)/t9-,11+/m1/s1. The van der Waals surface area contributed by atoms with Crippen LogP contribution in [-0.4, -0.2) is 28.2 Å². The molecule has 0 aliphatic heterocycles. The van der Waals surface area contributed by atoms with Gasteiger partial charge in [-0.25, -0.2) is 0 Å². The largest absolute Gasteiger partial charge is 0.481 e. The molecule has 2 atom stereocenters. The van der Waals surface area contributed by atoms with Gasteiger partial charge in [0.15, 0.2) is 5.69 Å². The molecule has 2 N–H and O–H groups in total. The van der Waals surface area contributed by atoms with Gasteiger partial charge in [0.1, 0.15) is 5.76 Å². The second-order valence-electron chi connectivity index (χ2n) is 5.95. The van der Waals surface area contributed by atoms with Crippen molar-refractivity contribution >= 4 is 11.9 Å². The van der Waals surface area contributed by atoms with E-state index in [1.165, 1.54) is 0 Å². The van der Waals surface area contributed by atoms with Gasteiger partial charge in [0, 0.05) is 18.0 Å². The SMILES string of the molecule is O=C(N[C@H]1CCC[C@H]1C(=O)O)c1noc2c1CCCCC2. The normalized spacial score (nSPS) is 25.1. The Morgan fingerprint density at radius 3 is 2.76 bits per heavy atom. The van der Waals surface area contributed by atoms with Crippen molar-refractivity contribution in [2.24, 2.45) is 5.92 Å². The third-order valence-corrected chi connectivity index (χ3v) is 4.56. The van der Waals surface area contributed by atoms with E-state index in [1.807, 2.05) is 0 Å². The first-order valence-corrected chi connectivity index (χ1v) is 7.68. The van der Waals surface area contributed by atoms with E-state index in [0.29, 0.717) is 18.5 Å². The van der Waals surface area contributed by atoms with Crippen LogP contribution in [0.5, 0.6) is 0 Å². The van der Waals surface area contributed by atoms with Crippen LogP contribution >= 0.6 is 0 Å². The van der Waals surface area contributed by atoms with Gasteiger partial charge in [-0.2, -0.15) is 0 Å². The summed E-state index contributed by atoms with van der Waals surface area (Å²) in [5.41, 5.74) is 1.26. The van der Waals surface area contributed by atoms with E-state index >= 15 is 0 Å². The molecule has 0 spiro atoms. The maximum atomic E-state index is 12.4. The maximum absolute atomic E-state index is 12.4. The van der Waals surface area contributed by atoms with Crippen LogP contribution in [0.3, 0.4) is 0 Å². The molecular formula is C15H20N2O4. The van der Waals surface area contributed by atoms with Crippen LogP contribution in [0.2, 0.25) is 0 Å². The molecule has 1 aromatic heterocycles. The van der Waals surface area contributed by atoms with E-state index in [9.17, 15) is 14.7 Å². The summed E-state index contributed by atoms with van der Waals surface area (Å²) in [5, 5.41) is 15.9. The summed E-state index contributed by atoms with van der Waals surface area (Å²) in [5.74, 6) is -0.796. The van der Waals surface area contributed by atoms with E-state index in [-0.39, 0.29) is 11.9 Å². The van der Waals surface area contributed by atoms with Gasteiger partial charge in [-0.15, -0.1) is 0 Å². The van der Waals surface area contributed by atoms with Gasteiger partial charge >= 0.3 is 5.97 Å². The van der Waals surface area contributed by atoms with Crippen LogP contribution in [0, 0.1) is 5.92 Å². The van der Waals surface area contributed by atoms with E-state index in [2.05, 4.69) is 10.5 Å². The lowest BCUT2D eigenvalue weighted by Gasteiger charge is -2.17. The van der Waals surface area contributed by atoms with Crippen LogP contribution in [0.25, 0.3) is 0 Å². The number of hydrogen-bond acceptors (Lipinski definition) is 4. The lowest BCUT2D eigenvalue weighted by atomic mass is 10.0. The molecule has 1 heterocycles. The van der Waals surface area contributed by atoms with Gasteiger partial charge in [-0.05, 0) is 32.1 Å². The van der Waals surface area contributed by atoms with Gasteiger partial charge in [0.2, 0.25) is 0 Å². The molecule has 1 amide bonds. The van der Waals surface area contributed by atoms with Gasteiger partial charge in [-0.3, -0.25) is 9.59 Å². The first-order valence-electron chi connectivity index (χ1n) is 7.68. The minimum atomic E-state index is -0.836. The van der Waals surface area contributed by atoms with Gasteiger partial charge < -0.3 is 14.9 Å². The number of carboxylic acid groups (broad SMARTS) is 1. The third kappa shape index (κ3) is 2.80. The van der Waals surface area contributed by atoms with E-state index < -0.39 is 11.9 Å². The quantitative estimate of drug-likeness (QED) is 0.830.